The summed E-state index contributed by atoms with van der Waals surface area (Å²) in [6.45, 7) is 3.94. The Morgan fingerprint density at radius 3 is 2.00 bits per heavy atom. The van der Waals surface area contributed by atoms with Gasteiger partial charge in [-0.15, -0.1) is 0 Å². The summed E-state index contributed by atoms with van der Waals surface area (Å²) in [7, 11) is 0. The summed E-state index contributed by atoms with van der Waals surface area (Å²) in [4.78, 5) is 24.4. The molecule has 0 fully saturated rings. The van der Waals surface area contributed by atoms with E-state index in [4.69, 9.17) is 4.74 Å². The summed E-state index contributed by atoms with van der Waals surface area (Å²) in [6.07, 6.45) is 1.60. The van der Waals surface area contributed by atoms with Crippen molar-refractivity contribution in [2.75, 3.05) is 0 Å². The summed E-state index contributed by atoms with van der Waals surface area (Å²) in [5, 5.41) is 0. The molecule has 3 nitrogen and oxygen atoms in total. The van der Waals surface area contributed by atoms with Gasteiger partial charge in [0.2, 0.25) is 0 Å². The quantitative estimate of drug-likeness (QED) is 0.384. The molecule has 0 aromatic heterocycles. The van der Waals surface area contributed by atoms with Crippen LogP contribution in [-0.2, 0) is 16.0 Å². The van der Waals surface area contributed by atoms with Crippen molar-refractivity contribution in [2.45, 2.75) is 37.6 Å². The number of benzene rings is 2. The molecule has 0 heterocycles. The van der Waals surface area contributed by atoms with Gasteiger partial charge >= 0.3 is 5.97 Å². The Labute approximate surface area is 151 Å². The van der Waals surface area contributed by atoms with Crippen LogP contribution in [0.15, 0.2) is 54.6 Å². The summed E-state index contributed by atoms with van der Waals surface area (Å²) < 4.78 is 4.91. The number of ketones is 1. The smallest absolute Gasteiger partial charge is 0.311 e. The van der Waals surface area contributed by atoms with E-state index in [1.54, 1.807) is 36.4 Å². The van der Waals surface area contributed by atoms with Crippen molar-refractivity contribution in [3.05, 3.63) is 71.3 Å². The Hall–Kier alpha value is -1.94. The molecule has 0 N–H and O–H groups in total. The second-order valence-corrected chi connectivity index (χ2v) is 7.08. The van der Waals surface area contributed by atoms with Crippen molar-refractivity contribution in [2.24, 2.45) is 0 Å². The van der Waals surface area contributed by atoms with Crippen LogP contribution in [0.1, 0.15) is 48.2 Å². The SMILES string of the molecule is CCC(Br)(CC)OC(=O)Cc1ccc(C(=O)c2ccccc2)cc1. The van der Waals surface area contributed by atoms with Crippen LogP contribution < -0.4 is 0 Å². The average Bonchev–Trinajstić information content (AvgIpc) is 2.62. The third-order valence-electron chi connectivity index (χ3n) is 3.95. The minimum absolute atomic E-state index is 0.0267. The lowest BCUT2D eigenvalue weighted by Crippen LogP contribution is -2.27. The predicted molar refractivity (Wildman–Crippen MR) is 98.4 cm³/mol. The minimum atomic E-state index is -0.590. The van der Waals surface area contributed by atoms with Gasteiger partial charge in [-0.2, -0.15) is 0 Å². The van der Waals surface area contributed by atoms with Crippen LogP contribution in [0.2, 0.25) is 0 Å². The Bertz CT molecular complexity index is 689. The van der Waals surface area contributed by atoms with Crippen molar-refractivity contribution < 1.29 is 14.3 Å². The molecule has 0 unspecified atom stereocenters. The number of esters is 1. The monoisotopic (exact) mass is 388 g/mol. The first-order valence-electron chi connectivity index (χ1n) is 8.07. The van der Waals surface area contributed by atoms with E-state index < -0.39 is 4.51 Å². The van der Waals surface area contributed by atoms with Crippen LogP contribution in [0.3, 0.4) is 0 Å². The molecule has 2 rings (SSSR count). The largest absolute Gasteiger partial charge is 0.447 e. The van der Waals surface area contributed by atoms with E-state index in [1.807, 2.05) is 32.0 Å². The number of carbonyl (C=O) groups is 2. The first-order chi connectivity index (χ1) is 11.5. The van der Waals surface area contributed by atoms with Crippen molar-refractivity contribution in [3.63, 3.8) is 0 Å². The van der Waals surface area contributed by atoms with Crippen LogP contribution in [0, 0.1) is 0 Å². The molecule has 0 bridgehead atoms. The predicted octanol–water partition coefficient (Wildman–Crippen LogP) is 4.91. The highest BCUT2D eigenvalue weighted by Gasteiger charge is 2.26. The van der Waals surface area contributed by atoms with Gasteiger partial charge in [0.15, 0.2) is 10.3 Å². The number of ether oxygens (including phenoxy) is 1. The van der Waals surface area contributed by atoms with Crippen LogP contribution in [-0.4, -0.2) is 16.3 Å². The maximum absolute atomic E-state index is 12.3. The summed E-state index contributed by atoms with van der Waals surface area (Å²) in [5.74, 6) is -0.307. The molecule has 0 atom stereocenters. The fourth-order valence-electron chi connectivity index (χ4n) is 2.33. The molecular formula is C20H21BrO3. The molecule has 2 aromatic rings. The lowest BCUT2D eigenvalue weighted by Gasteiger charge is -2.24. The Balaban J connectivity index is 2.02. The van der Waals surface area contributed by atoms with Crippen LogP contribution >= 0.6 is 15.9 Å². The summed E-state index contributed by atoms with van der Waals surface area (Å²) in [6, 6.07) is 16.2. The molecule has 0 spiro atoms. The normalized spacial score (nSPS) is 11.1. The number of hydrogen-bond acceptors (Lipinski definition) is 3. The van der Waals surface area contributed by atoms with E-state index in [0.29, 0.717) is 24.0 Å². The minimum Gasteiger partial charge on any atom is -0.447 e. The highest BCUT2D eigenvalue weighted by molar-refractivity contribution is 9.10. The first kappa shape index (κ1) is 18.4. The van der Waals surface area contributed by atoms with Gasteiger partial charge in [-0.05, 0) is 34.3 Å². The highest BCUT2D eigenvalue weighted by Crippen LogP contribution is 2.28. The maximum Gasteiger partial charge on any atom is 0.311 e. The van der Waals surface area contributed by atoms with E-state index in [9.17, 15) is 9.59 Å². The topological polar surface area (TPSA) is 43.4 Å². The summed E-state index contributed by atoms with van der Waals surface area (Å²) >= 11 is 3.47. The molecule has 0 saturated carbocycles. The zero-order valence-corrected chi connectivity index (χ0v) is 15.5. The number of halogens is 1. The van der Waals surface area contributed by atoms with E-state index >= 15 is 0 Å². The Morgan fingerprint density at radius 2 is 1.46 bits per heavy atom. The van der Waals surface area contributed by atoms with Gasteiger partial charge in [0.25, 0.3) is 0 Å². The Morgan fingerprint density at radius 1 is 0.917 bits per heavy atom. The second kappa shape index (κ2) is 8.25. The molecule has 0 saturated heterocycles. The van der Waals surface area contributed by atoms with Crippen LogP contribution in [0.4, 0.5) is 0 Å². The van der Waals surface area contributed by atoms with Crippen molar-refractivity contribution in [1.29, 1.82) is 0 Å². The van der Waals surface area contributed by atoms with Crippen molar-refractivity contribution >= 4 is 27.7 Å². The van der Waals surface area contributed by atoms with Gasteiger partial charge in [0.05, 0.1) is 6.42 Å². The molecular weight excluding hydrogens is 368 g/mol. The molecule has 0 aliphatic heterocycles. The van der Waals surface area contributed by atoms with E-state index in [0.717, 1.165) is 5.56 Å². The molecule has 2 aromatic carbocycles. The van der Waals surface area contributed by atoms with Gasteiger partial charge in [-0.1, -0.05) is 68.4 Å². The standard InChI is InChI=1S/C20H21BrO3/c1-3-20(21,4-2)24-18(22)14-15-10-12-17(13-11-15)19(23)16-8-6-5-7-9-16/h5-13H,3-4,14H2,1-2H3. The van der Waals surface area contributed by atoms with Crippen molar-refractivity contribution in [1.82, 2.24) is 0 Å². The van der Waals surface area contributed by atoms with Gasteiger partial charge in [0, 0.05) is 11.1 Å². The van der Waals surface area contributed by atoms with Gasteiger partial charge in [-0.25, -0.2) is 0 Å². The molecule has 4 heteroatoms. The lowest BCUT2D eigenvalue weighted by atomic mass is 10.0. The summed E-state index contributed by atoms with van der Waals surface area (Å²) in [5.41, 5.74) is 2.08. The second-order valence-electron chi connectivity index (χ2n) is 5.63. The number of hydrogen-bond donors (Lipinski definition) is 0. The van der Waals surface area contributed by atoms with E-state index in [-0.39, 0.29) is 18.2 Å². The number of rotatable bonds is 7. The first-order valence-corrected chi connectivity index (χ1v) is 8.86. The van der Waals surface area contributed by atoms with Crippen LogP contribution in [0.25, 0.3) is 0 Å². The zero-order chi connectivity index (χ0) is 17.6. The number of alkyl halides is 1. The van der Waals surface area contributed by atoms with Crippen LogP contribution in [0.5, 0.6) is 0 Å². The third kappa shape index (κ3) is 4.78. The molecule has 24 heavy (non-hydrogen) atoms. The fraction of sp³-hybridized carbons (Fsp3) is 0.300. The Kier molecular flexibility index (Phi) is 6.32. The highest BCUT2D eigenvalue weighted by atomic mass is 79.9. The van der Waals surface area contributed by atoms with Gasteiger partial charge in [0.1, 0.15) is 0 Å². The fourth-order valence-corrected chi connectivity index (χ4v) is 2.51. The molecule has 0 radical (unpaired) electrons. The van der Waals surface area contributed by atoms with Gasteiger partial charge in [-0.3, -0.25) is 9.59 Å². The molecule has 0 aliphatic carbocycles. The molecule has 126 valence electrons. The molecule has 0 aliphatic rings. The number of carbonyl (C=O) groups excluding carboxylic acids is 2. The molecule has 0 amide bonds. The van der Waals surface area contributed by atoms with E-state index in [2.05, 4.69) is 15.9 Å². The lowest BCUT2D eigenvalue weighted by molar-refractivity contribution is -0.150. The van der Waals surface area contributed by atoms with Gasteiger partial charge < -0.3 is 4.74 Å². The third-order valence-corrected chi connectivity index (χ3v) is 5.24. The zero-order valence-electron chi connectivity index (χ0n) is 13.9. The average molecular weight is 389 g/mol. The van der Waals surface area contributed by atoms with E-state index in [1.165, 1.54) is 0 Å². The van der Waals surface area contributed by atoms with Crippen molar-refractivity contribution in [3.8, 4) is 0 Å². The maximum atomic E-state index is 12.3.